The van der Waals surface area contributed by atoms with Crippen LogP contribution in [0.2, 0.25) is 6.04 Å². The summed E-state index contributed by atoms with van der Waals surface area (Å²) in [6, 6.07) is 0.604. The minimum absolute atomic E-state index is 0.194. The highest BCUT2D eigenvalue weighted by Gasteiger charge is 2.36. The van der Waals surface area contributed by atoms with Gasteiger partial charge in [-0.2, -0.15) is 0 Å². The third kappa shape index (κ3) is 6.31. The van der Waals surface area contributed by atoms with Gasteiger partial charge in [0.2, 0.25) is 0 Å². The molecule has 0 aromatic rings. The molecule has 2 N–H and O–H groups in total. The van der Waals surface area contributed by atoms with Crippen LogP contribution in [-0.4, -0.2) is 60.6 Å². The smallest absolute Gasteiger partial charge is 0.444 e. The van der Waals surface area contributed by atoms with Crippen LogP contribution in [0.25, 0.3) is 0 Å². The third-order valence-corrected chi connectivity index (χ3v) is 5.26. The van der Waals surface area contributed by atoms with E-state index in [0.29, 0.717) is 19.0 Å². The molecule has 1 unspecified atom stereocenters. The van der Waals surface area contributed by atoms with Gasteiger partial charge in [0.15, 0.2) is 0 Å². The number of amides is 1. The molecule has 0 aromatic carbocycles. The summed E-state index contributed by atoms with van der Waals surface area (Å²) in [5.41, 5.74) is 0. The van der Waals surface area contributed by atoms with Gasteiger partial charge in [0.25, 0.3) is 0 Å². The first-order valence-electron chi connectivity index (χ1n) is 5.74. The molecule has 0 saturated heterocycles. The maximum Gasteiger partial charge on any atom is 0.500 e. The number of ether oxygens (including phenoxy) is 1. The first-order valence-corrected chi connectivity index (χ1v) is 7.67. The number of alkyl carbamates (subject to hydrolysis) is 1. The highest BCUT2D eigenvalue weighted by Crippen LogP contribution is 2.14. The van der Waals surface area contributed by atoms with Gasteiger partial charge in [-0.15, -0.1) is 0 Å². The Labute approximate surface area is 109 Å². The van der Waals surface area contributed by atoms with Crippen LogP contribution in [0.15, 0.2) is 0 Å². The van der Waals surface area contributed by atoms with Gasteiger partial charge in [0.05, 0.1) is 6.61 Å². The molecule has 0 radical (unpaired) electrons. The average Bonchev–Trinajstić information content (AvgIpc) is 2.39. The average molecular weight is 281 g/mol. The van der Waals surface area contributed by atoms with Gasteiger partial charge >= 0.3 is 14.9 Å². The van der Waals surface area contributed by atoms with Crippen LogP contribution in [0.5, 0.6) is 0 Å². The van der Waals surface area contributed by atoms with E-state index in [2.05, 4.69) is 5.32 Å². The molecule has 0 saturated carbocycles. The molecule has 0 aromatic heterocycles. The molecule has 0 bridgehead atoms. The molecule has 0 fully saturated rings. The molecule has 0 aliphatic carbocycles. The van der Waals surface area contributed by atoms with E-state index in [-0.39, 0.29) is 6.61 Å². The van der Waals surface area contributed by atoms with E-state index in [1.807, 2.05) is 0 Å². The maximum atomic E-state index is 11.2. The topological polar surface area (TPSA) is 86.3 Å². The second-order valence-electron chi connectivity index (χ2n) is 3.72. The molecule has 108 valence electrons. The quantitative estimate of drug-likeness (QED) is 0.469. The minimum atomic E-state index is -2.56. The van der Waals surface area contributed by atoms with Crippen molar-refractivity contribution < 1.29 is 27.9 Å². The lowest BCUT2D eigenvalue weighted by atomic mass is 10.4. The van der Waals surface area contributed by atoms with E-state index < -0.39 is 21.0 Å². The Morgan fingerprint density at radius 2 is 1.83 bits per heavy atom. The van der Waals surface area contributed by atoms with Crippen LogP contribution in [0.3, 0.4) is 0 Å². The first kappa shape index (κ1) is 17.3. The number of carbonyl (C=O) groups is 1. The van der Waals surface area contributed by atoms with Crippen LogP contribution in [0.4, 0.5) is 4.79 Å². The molecular formula is C10H23NO6Si. The monoisotopic (exact) mass is 281 g/mol. The molecule has 0 spiro atoms. The normalized spacial score (nSPS) is 13.2. The number of aliphatic hydroxyl groups excluding tert-OH is 1. The Kier molecular flexibility index (Phi) is 8.94. The van der Waals surface area contributed by atoms with Crippen molar-refractivity contribution in [1.82, 2.24) is 5.32 Å². The van der Waals surface area contributed by atoms with E-state index >= 15 is 0 Å². The number of rotatable bonds is 9. The maximum absolute atomic E-state index is 11.2. The summed E-state index contributed by atoms with van der Waals surface area (Å²) in [6.45, 7) is 1.85. The van der Waals surface area contributed by atoms with Gasteiger partial charge in [-0.3, -0.25) is 0 Å². The molecule has 1 amide bonds. The predicted molar refractivity (Wildman–Crippen MR) is 67.2 cm³/mol. The number of carbonyl (C=O) groups excluding carboxylic acids is 1. The van der Waals surface area contributed by atoms with Crippen LogP contribution in [-0.2, 0) is 18.0 Å². The fraction of sp³-hybridized carbons (Fsp3) is 0.900. The lowest BCUT2D eigenvalue weighted by Crippen LogP contribution is -2.43. The lowest BCUT2D eigenvalue weighted by Gasteiger charge is -2.24. The molecule has 0 aliphatic heterocycles. The van der Waals surface area contributed by atoms with Crippen molar-refractivity contribution in [2.45, 2.75) is 25.5 Å². The Bertz CT molecular complexity index is 228. The zero-order valence-electron chi connectivity index (χ0n) is 11.4. The van der Waals surface area contributed by atoms with E-state index in [0.717, 1.165) is 0 Å². The van der Waals surface area contributed by atoms with Crippen molar-refractivity contribution in [2.75, 3.05) is 34.5 Å². The standard InChI is InChI=1S/C10H23NO6Si/c1-9(8-12)17-10(13)11-6-5-7-18(14-2,15-3)16-4/h9,12H,5-8H2,1-4H3,(H,11,13). The van der Waals surface area contributed by atoms with E-state index in [9.17, 15) is 4.79 Å². The Morgan fingerprint density at radius 1 is 1.28 bits per heavy atom. The van der Waals surface area contributed by atoms with E-state index in [1.54, 1.807) is 28.3 Å². The van der Waals surface area contributed by atoms with Crippen molar-refractivity contribution >= 4 is 14.9 Å². The SMILES string of the molecule is CO[Si](CCCNC(=O)OC(C)CO)(OC)OC. The largest absolute Gasteiger partial charge is 0.500 e. The van der Waals surface area contributed by atoms with Gasteiger partial charge < -0.3 is 28.4 Å². The Balaban J connectivity index is 3.81. The van der Waals surface area contributed by atoms with Crippen molar-refractivity contribution in [2.24, 2.45) is 0 Å². The Morgan fingerprint density at radius 3 is 2.28 bits per heavy atom. The molecule has 7 nitrogen and oxygen atoms in total. The molecule has 1 atom stereocenters. The van der Waals surface area contributed by atoms with Gasteiger partial charge in [-0.1, -0.05) is 0 Å². The summed E-state index contributed by atoms with van der Waals surface area (Å²) in [5.74, 6) is 0. The van der Waals surface area contributed by atoms with Crippen LogP contribution in [0, 0.1) is 0 Å². The Hall–Kier alpha value is -0.673. The first-order chi connectivity index (χ1) is 8.53. The van der Waals surface area contributed by atoms with Crippen molar-refractivity contribution in [1.29, 1.82) is 0 Å². The van der Waals surface area contributed by atoms with Gasteiger partial charge in [0.1, 0.15) is 6.10 Å². The zero-order valence-corrected chi connectivity index (χ0v) is 12.4. The van der Waals surface area contributed by atoms with Crippen molar-refractivity contribution in [3.63, 3.8) is 0 Å². The summed E-state index contributed by atoms with van der Waals surface area (Å²) in [4.78, 5) is 11.2. The summed E-state index contributed by atoms with van der Waals surface area (Å²) < 4.78 is 20.6. The van der Waals surface area contributed by atoms with Gasteiger partial charge in [-0.25, -0.2) is 4.79 Å². The molecule has 8 heteroatoms. The third-order valence-electron chi connectivity index (χ3n) is 2.43. The van der Waals surface area contributed by atoms with Gasteiger partial charge in [0, 0.05) is 33.9 Å². The number of aliphatic hydroxyl groups is 1. The minimum Gasteiger partial charge on any atom is -0.444 e. The summed E-state index contributed by atoms with van der Waals surface area (Å²) in [5, 5.41) is 11.3. The van der Waals surface area contributed by atoms with Crippen LogP contribution < -0.4 is 5.32 Å². The molecular weight excluding hydrogens is 258 g/mol. The zero-order chi connectivity index (χ0) is 14.0. The molecule has 0 heterocycles. The lowest BCUT2D eigenvalue weighted by molar-refractivity contribution is 0.0679. The number of nitrogens with one attached hydrogen (secondary N) is 1. The summed E-state index contributed by atoms with van der Waals surface area (Å²) in [6.07, 6.45) is -0.392. The second kappa shape index (κ2) is 9.28. The van der Waals surface area contributed by atoms with Crippen molar-refractivity contribution in [3.8, 4) is 0 Å². The van der Waals surface area contributed by atoms with E-state index in [1.165, 1.54) is 0 Å². The predicted octanol–water partition coefficient (Wildman–Crippen LogP) is 0.362. The fourth-order valence-electron chi connectivity index (χ4n) is 1.31. The van der Waals surface area contributed by atoms with Crippen molar-refractivity contribution in [3.05, 3.63) is 0 Å². The fourth-order valence-corrected chi connectivity index (χ4v) is 3.04. The van der Waals surface area contributed by atoms with E-state index in [4.69, 9.17) is 23.1 Å². The number of hydrogen-bond donors (Lipinski definition) is 2. The second-order valence-corrected chi connectivity index (χ2v) is 6.81. The molecule has 0 aliphatic rings. The van der Waals surface area contributed by atoms with Crippen LogP contribution in [0.1, 0.15) is 13.3 Å². The molecule has 0 rings (SSSR count). The molecule has 18 heavy (non-hydrogen) atoms. The highest BCUT2D eigenvalue weighted by molar-refractivity contribution is 6.60. The van der Waals surface area contributed by atoms with Crippen LogP contribution >= 0.6 is 0 Å². The summed E-state index contributed by atoms with van der Waals surface area (Å²) in [7, 11) is 2.08. The number of hydrogen-bond acceptors (Lipinski definition) is 6. The van der Waals surface area contributed by atoms with Gasteiger partial charge in [-0.05, 0) is 13.3 Å². The highest BCUT2D eigenvalue weighted by atomic mass is 28.4. The summed E-state index contributed by atoms with van der Waals surface area (Å²) >= 11 is 0.